The minimum Gasteiger partial charge on any atom is -0.497 e. The molecule has 2 aromatic carbocycles. The largest absolute Gasteiger partial charge is 0.497 e. The van der Waals surface area contributed by atoms with Gasteiger partial charge in [0.2, 0.25) is 10.0 Å². The lowest BCUT2D eigenvalue weighted by molar-refractivity contribution is 0.384. The molecule has 0 atom stereocenters. The highest BCUT2D eigenvalue weighted by atomic mass is 32.2. The highest BCUT2D eigenvalue weighted by Crippen LogP contribution is 2.27. The summed E-state index contributed by atoms with van der Waals surface area (Å²) in [6, 6.07) is 13.5. The highest BCUT2D eigenvalue weighted by molar-refractivity contribution is 7.89. The van der Waals surface area contributed by atoms with Gasteiger partial charge in [-0.2, -0.15) is 4.31 Å². The molecule has 0 aliphatic carbocycles. The summed E-state index contributed by atoms with van der Waals surface area (Å²) in [5.41, 5.74) is 3.23. The summed E-state index contributed by atoms with van der Waals surface area (Å²) >= 11 is 0. The molecule has 3 rings (SSSR count). The van der Waals surface area contributed by atoms with Crippen LogP contribution in [0.15, 0.2) is 47.4 Å². The van der Waals surface area contributed by atoms with Crippen LogP contribution < -0.4 is 9.64 Å². The Labute approximate surface area is 156 Å². The lowest BCUT2D eigenvalue weighted by Gasteiger charge is -2.36. The molecule has 0 saturated carbocycles. The van der Waals surface area contributed by atoms with E-state index in [0.717, 1.165) is 6.42 Å². The van der Waals surface area contributed by atoms with Gasteiger partial charge in [-0.15, -0.1) is 0 Å². The molecule has 6 heteroatoms. The molecular weight excluding hydrogens is 348 g/mol. The van der Waals surface area contributed by atoms with Crippen molar-refractivity contribution in [3.8, 4) is 5.75 Å². The standard InChI is InChI=1S/C20H26N2O3S/c1-4-17-7-5-6-8-19(17)21-11-13-22(14-12-21)26(23,24)20-10-9-18(25-3)15-16(20)2/h5-10,15H,4,11-14H2,1-3H3. The fraction of sp³-hybridized carbons (Fsp3) is 0.400. The van der Waals surface area contributed by atoms with E-state index in [4.69, 9.17) is 4.74 Å². The second-order valence-electron chi connectivity index (χ2n) is 6.50. The van der Waals surface area contributed by atoms with Crippen LogP contribution in [0.3, 0.4) is 0 Å². The zero-order valence-corrected chi connectivity index (χ0v) is 16.4. The Morgan fingerprint density at radius 3 is 2.35 bits per heavy atom. The van der Waals surface area contributed by atoms with Crippen molar-refractivity contribution in [2.75, 3.05) is 38.2 Å². The summed E-state index contributed by atoms with van der Waals surface area (Å²) < 4.78 is 32.8. The third-order valence-corrected chi connectivity index (χ3v) is 7.01. The first-order valence-corrected chi connectivity index (χ1v) is 10.4. The number of ether oxygens (including phenoxy) is 1. The second kappa shape index (κ2) is 7.68. The minimum atomic E-state index is -3.49. The van der Waals surface area contributed by atoms with Gasteiger partial charge in [0.15, 0.2) is 0 Å². The van der Waals surface area contributed by atoms with E-state index < -0.39 is 10.0 Å². The van der Waals surface area contributed by atoms with Gasteiger partial charge in [-0.1, -0.05) is 25.1 Å². The van der Waals surface area contributed by atoms with E-state index in [2.05, 4.69) is 30.0 Å². The van der Waals surface area contributed by atoms with E-state index in [9.17, 15) is 8.42 Å². The first-order valence-electron chi connectivity index (χ1n) is 8.95. The van der Waals surface area contributed by atoms with Gasteiger partial charge >= 0.3 is 0 Å². The van der Waals surface area contributed by atoms with Crippen LogP contribution in [0.1, 0.15) is 18.1 Å². The van der Waals surface area contributed by atoms with E-state index in [0.29, 0.717) is 42.4 Å². The van der Waals surface area contributed by atoms with Gasteiger partial charge in [0.25, 0.3) is 0 Å². The van der Waals surface area contributed by atoms with Crippen molar-refractivity contribution < 1.29 is 13.2 Å². The van der Waals surface area contributed by atoms with Gasteiger partial charge in [-0.05, 0) is 48.7 Å². The molecule has 26 heavy (non-hydrogen) atoms. The van der Waals surface area contributed by atoms with E-state index in [1.807, 2.05) is 13.0 Å². The predicted molar refractivity (Wildman–Crippen MR) is 105 cm³/mol. The molecule has 0 aromatic heterocycles. The zero-order chi connectivity index (χ0) is 18.7. The van der Waals surface area contributed by atoms with Gasteiger partial charge in [-0.3, -0.25) is 0 Å². The topological polar surface area (TPSA) is 49.9 Å². The Morgan fingerprint density at radius 1 is 1.04 bits per heavy atom. The number of benzene rings is 2. The van der Waals surface area contributed by atoms with Gasteiger partial charge in [0.05, 0.1) is 12.0 Å². The van der Waals surface area contributed by atoms with Crippen molar-refractivity contribution in [3.05, 3.63) is 53.6 Å². The number of piperazine rings is 1. The summed E-state index contributed by atoms with van der Waals surface area (Å²) in [7, 11) is -1.91. The molecule has 1 fully saturated rings. The predicted octanol–water partition coefficient (Wildman–Crippen LogP) is 3.08. The summed E-state index contributed by atoms with van der Waals surface area (Å²) in [4.78, 5) is 2.65. The van der Waals surface area contributed by atoms with Crippen molar-refractivity contribution >= 4 is 15.7 Å². The molecule has 1 heterocycles. The average Bonchev–Trinajstić information content (AvgIpc) is 2.67. The van der Waals surface area contributed by atoms with Crippen LogP contribution >= 0.6 is 0 Å². The normalized spacial score (nSPS) is 15.9. The maximum Gasteiger partial charge on any atom is 0.243 e. The maximum absolute atomic E-state index is 13.0. The monoisotopic (exact) mass is 374 g/mol. The lowest BCUT2D eigenvalue weighted by atomic mass is 10.1. The van der Waals surface area contributed by atoms with Crippen LogP contribution in [0.25, 0.3) is 0 Å². The third-order valence-electron chi connectivity index (χ3n) is 4.95. The Hall–Kier alpha value is -2.05. The van der Waals surface area contributed by atoms with Gasteiger partial charge in [-0.25, -0.2) is 8.42 Å². The fourth-order valence-electron chi connectivity index (χ4n) is 3.47. The van der Waals surface area contributed by atoms with Crippen LogP contribution in [0, 0.1) is 6.92 Å². The van der Waals surface area contributed by atoms with Crippen molar-refractivity contribution in [1.29, 1.82) is 0 Å². The summed E-state index contributed by atoms with van der Waals surface area (Å²) in [5.74, 6) is 0.669. The van der Waals surface area contributed by atoms with Crippen LogP contribution in [0.2, 0.25) is 0 Å². The van der Waals surface area contributed by atoms with E-state index in [1.54, 1.807) is 29.6 Å². The molecule has 1 aliphatic heterocycles. The minimum absolute atomic E-state index is 0.362. The van der Waals surface area contributed by atoms with Crippen LogP contribution in [0.5, 0.6) is 5.75 Å². The molecule has 2 aromatic rings. The van der Waals surface area contributed by atoms with Crippen molar-refractivity contribution in [2.45, 2.75) is 25.2 Å². The van der Waals surface area contributed by atoms with E-state index in [-0.39, 0.29) is 0 Å². The number of hydrogen-bond acceptors (Lipinski definition) is 4. The Bertz CT molecular complexity index is 872. The third kappa shape index (κ3) is 3.57. The second-order valence-corrected chi connectivity index (χ2v) is 8.41. The van der Waals surface area contributed by atoms with E-state index in [1.165, 1.54) is 11.3 Å². The number of hydrogen-bond donors (Lipinski definition) is 0. The molecule has 5 nitrogen and oxygen atoms in total. The average molecular weight is 375 g/mol. The fourth-order valence-corrected chi connectivity index (χ4v) is 5.09. The zero-order valence-electron chi connectivity index (χ0n) is 15.6. The Balaban J connectivity index is 1.77. The van der Waals surface area contributed by atoms with Crippen LogP contribution in [0.4, 0.5) is 5.69 Å². The van der Waals surface area contributed by atoms with Crippen LogP contribution in [-0.4, -0.2) is 46.0 Å². The lowest BCUT2D eigenvalue weighted by Crippen LogP contribution is -2.49. The SMILES string of the molecule is CCc1ccccc1N1CCN(S(=O)(=O)c2ccc(OC)cc2C)CC1. The first-order chi connectivity index (χ1) is 12.5. The number of methoxy groups -OCH3 is 1. The summed E-state index contributed by atoms with van der Waals surface area (Å²) in [6.07, 6.45) is 0.972. The molecule has 1 aliphatic rings. The quantitative estimate of drug-likeness (QED) is 0.807. The number of anilines is 1. The highest BCUT2D eigenvalue weighted by Gasteiger charge is 2.30. The molecule has 0 bridgehead atoms. The van der Waals surface area contributed by atoms with Crippen molar-refractivity contribution in [1.82, 2.24) is 4.31 Å². The summed E-state index contributed by atoms with van der Waals surface area (Å²) in [5, 5.41) is 0. The molecule has 140 valence electrons. The Morgan fingerprint density at radius 2 is 1.73 bits per heavy atom. The number of sulfonamides is 1. The Kier molecular flexibility index (Phi) is 5.53. The number of aryl methyl sites for hydroxylation is 2. The van der Waals surface area contributed by atoms with Crippen molar-refractivity contribution in [2.24, 2.45) is 0 Å². The van der Waals surface area contributed by atoms with Gasteiger partial charge in [0.1, 0.15) is 5.75 Å². The number of rotatable bonds is 5. The number of para-hydroxylation sites is 1. The molecule has 0 radical (unpaired) electrons. The van der Waals surface area contributed by atoms with Crippen molar-refractivity contribution in [3.63, 3.8) is 0 Å². The number of nitrogens with zero attached hydrogens (tertiary/aromatic N) is 2. The molecule has 0 N–H and O–H groups in total. The molecule has 0 spiro atoms. The molecule has 1 saturated heterocycles. The summed E-state index contributed by atoms with van der Waals surface area (Å²) in [6.45, 7) is 6.34. The maximum atomic E-state index is 13.0. The molecule has 0 unspecified atom stereocenters. The smallest absolute Gasteiger partial charge is 0.243 e. The molecular formula is C20H26N2O3S. The van der Waals surface area contributed by atoms with E-state index >= 15 is 0 Å². The van der Waals surface area contributed by atoms with Gasteiger partial charge in [0, 0.05) is 31.9 Å². The van der Waals surface area contributed by atoms with Crippen LogP contribution in [-0.2, 0) is 16.4 Å². The van der Waals surface area contributed by atoms with Gasteiger partial charge < -0.3 is 9.64 Å². The first kappa shape index (κ1) is 18.7. The molecule has 0 amide bonds.